The lowest BCUT2D eigenvalue weighted by Crippen LogP contribution is -2.24. The zero-order valence-electron chi connectivity index (χ0n) is 11.9. The van der Waals surface area contributed by atoms with E-state index in [1.165, 1.54) is 0 Å². The molecule has 0 fully saturated rings. The van der Waals surface area contributed by atoms with E-state index < -0.39 is 0 Å². The largest absolute Gasteiger partial charge is 0.384 e. The Morgan fingerprint density at radius 1 is 1.19 bits per heavy atom. The molecule has 6 heteroatoms. The molecule has 0 atom stereocenters. The van der Waals surface area contributed by atoms with Crippen LogP contribution in [0.2, 0.25) is 0 Å². The highest BCUT2D eigenvalue weighted by Gasteiger charge is 2.09. The first-order valence-corrected chi connectivity index (χ1v) is 6.77. The molecular weight excluding hydrogens is 266 g/mol. The number of nitrogens with two attached hydrogens (primary N) is 1. The average Bonchev–Trinajstić information content (AvgIpc) is 3.05. The molecule has 0 unspecified atom stereocenters. The zero-order valence-corrected chi connectivity index (χ0v) is 11.9. The number of imidazole rings is 1. The molecule has 3 rings (SSSR count). The van der Waals surface area contributed by atoms with Crippen LogP contribution in [0.3, 0.4) is 0 Å². The lowest BCUT2D eigenvalue weighted by Gasteiger charge is -2.06. The van der Waals surface area contributed by atoms with Crippen LogP contribution in [0.4, 0.5) is 5.82 Å². The van der Waals surface area contributed by atoms with E-state index in [9.17, 15) is 4.79 Å². The molecule has 1 aromatic carbocycles. The van der Waals surface area contributed by atoms with E-state index in [0.29, 0.717) is 5.82 Å². The number of aromatic amines is 1. The first-order valence-electron chi connectivity index (χ1n) is 6.77. The topological polar surface area (TPSA) is 81.6 Å². The fraction of sp³-hybridized carbons (Fsp3) is 0.200. The number of rotatable bonds is 3. The normalized spacial score (nSPS) is 11.2. The first kappa shape index (κ1) is 13.2. The van der Waals surface area contributed by atoms with Gasteiger partial charge in [0.2, 0.25) is 0 Å². The fourth-order valence-corrected chi connectivity index (χ4v) is 2.31. The maximum absolute atomic E-state index is 12.3. The van der Waals surface area contributed by atoms with Gasteiger partial charge in [0.15, 0.2) is 0 Å². The van der Waals surface area contributed by atoms with Gasteiger partial charge in [-0.3, -0.25) is 14.2 Å². The molecule has 3 N–H and O–H groups in total. The number of nitrogen functional groups attached to an aromatic ring is 1. The summed E-state index contributed by atoms with van der Waals surface area (Å²) >= 11 is 0. The van der Waals surface area contributed by atoms with Gasteiger partial charge in [0, 0.05) is 24.0 Å². The molecule has 0 aliphatic carbocycles. The van der Waals surface area contributed by atoms with Gasteiger partial charge in [-0.2, -0.15) is 5.10 Å². The maximum atomic E-state index is 12.3. The van der Waals surface area contributed by atoms with Gasteiger partial charge in [-0.05, 0) is 31.5 Å². The summed E-state index contributed by atoms with van der Waals surface area (Å²) in [7, 11) is 0. The van der Waals surface area contributed by atoms with Gasteiger partial charge in [-0.15, -0.1) is 0 Å². The van der Waals surface area contributed by atoms with Crippen molar-refractivity contribution in [1.29, 1.82) is 0 Å². The highest BCUT2D eigenvalue weighted by Crippen LogP contribution is 2.24. The molecule has 0 saturated carbocycles. The monoisotopic (exact) mass is 283 g/mol. The standard InChI is InChI=1S/C15H17N5O/c1-10(2)19-7-8-20(15(19)21)12-5-3-11(4-6-12)13-9-17-18-14(13)16/h3-10H,1-2H3,(H3,16,17,18). The highest BCUT2D eigenvalue weighted by molar-refractivity contribution is 5.73. The summed E-state index contributed by atoms with van der Waals surface area (Å²) in [6, 6.07) is 7.79. The van der Waals surface area contributed by atoms with Gasteiger partial charge in [-0.25, -0.2) is 4.79 Å². The van der Waals surface area contributed by atoms with E-state index in [4.69, 9.17) is 5.73 Å². The molecule has 0 amide bonds. The van der Waals surface area contributed by atoms with Crippen molar-refractivity contribution in [3.8, 4) is 16.8 Å². The predicted octanol–water partition coefficient (Wildman–Crippen LogP) is 2.19. The molecule has 0 aliphatic heterocycles. The van der Waals surface area contributed by atoms with E-state index in [1.54, 1.807) is 27.7 Å². The van der Waals surface area contributed by atoms with Gasteiger partial charge in [0.1, 0.15) is 5.82 Å². The molecule has 0 saturated heterocycles. The molecule has 3 aromatic rings. The van der Waals surface area contributed by atoms with E-state index in [2.05, 4.69) is 10.2 Å². The SMILES string of the molecule is CC(C)n1ccn(-c2ccc(-c3cn[nH]c3N)cc2)c1=O. The van der Waals surface area contributed by atoms with Crippen molar-refractivity contribution in [2.45, 2.75) is 19.9 Å². The van der Waals surface area contributed by atoms with Gasteiger partial charge in [0.25, 0.3) is 0 Å². The summed E-state index contributed by atoms with van der Waals surface area (Å²) in [6.07, 6.45) is 5.27. The number of H-pyrrole nitrogens is 1. The molecule has 6 nitrogen and oxygen atoms in total. The molecule has 21 heavy (non-hydrogen) atoms. The van der Waals surface area contributed by atoms with Crippen molar-refractivity contribution < 1.29 is 0 Å². The average molecular weight is 283 g/mol. The van der Waals surface area contributed by atoms with Crippen LogP contribution in [0.25, 0.3) is 16.8 Å². The first-order chi connectivity index (χ1) is 10.1. The van der Waals surface area contributed by atoms with E-state index in [-0.39, 0.29) is 11.7 Å². The van der Waals surface area contributed by atoms with Crippen LogP contribution in [0.1, 0.15) is 19.9 Å². The summed E-state index contributed by atoms with van der Waals surface area (Å²) in [5.74, 6) is 0.533. The summed E-state index contributed by atoms with van der Waals surface area (Å²) < 4.78 is 3.32. The highest BCUT2D eigenvalue weighted by atomic mass is 16.1. The van der Waals surface area contributed by atoms with E-state index in [0.717, 1.165) is 16.8 Å². The van der Waals surface area contributed by atoms with Crippen molar-refractivity contribution in [2.75, 3.05) is 5.73 Å². The van der Waals surface area contributed by atoms with Crippen molar-refractivity contribution in [1.82, 2.24) is 19.3 Å². The lowest BCUT2D eigenvalue weighted by atomic mass is 10.1. The second kappa shape index (κ2) is 4.97. The van der Waals surface area contributed by atoms with Crippen LogP contribution < -0.4 is 11.4 Å². The van der Waals surface area contributed by atoms with Crippen LogP contribution in [0, 0.1) is 0 Å². The minimum Gasteiger partial charge on any atom is -0.384 e. The maximum Gasteiger partial charge on any atom is 0.332 e. The molecule has 0 aliphatic rings. The second-order valence-electron chi connectivity index (χ2n) is 5.20. The quantitative estimate of drug-likeness (QED) is 0.773. The Kier molecular flexibility index (Phi) is 3.13. The molecule has 0 bridgehead atoms. The van der Waals surface area contributed by atoms with Crippen LogP contribution >= 0.6 is 0 Å². The summed E-state index contributed by atoms with van der Waals surface area (Å²) in [6.45, 7) is 3.97. The predicted molar refractivity (Wildman–Crippen MR) is 82.4 cm³/mol. The van der Waals surface area contributed by atoms with Crippen molar-refractivity contribution in [3.05, 3.63) is 53.3 Å². The van der Waals surface area contributed by atoms with Gasteiger partial charge in [0.05, 0.1) is 11.9 Å². The van der Waals surface area contributed by atoms with Crippen LogP contribution in [0.15, 0.2) is 47.7 Å². The van der Waals surface area contributed by atoms with Crippen LogP contribution in [-0.2, 0) is 0 Å². The minimum absolute atomic E-state index is 0.0411. The second-order valence-corrected chi connectivity index (χ2v) is 5.20. The number of anilines is 1. The molecular formula is C15H17N5O. The molecule has 0 spiro atoms. The van der Waals surface area contributed by atoms with Crippen molar-refractivity contribution in [3.63, 3.8) is 0 Å². The Hall–Kier alpha value is -2.76. The number of nitrogens with one attached hydrogen (secondary N) is 1. The number of nitrogens with zero attached hydrogens (tertiary/aromatic N) is 3. The smallest absolute Gasteiger partial charge is 0.332 e. The molecule has 2 heterocycles. The molecule has 2 aromatic heterocycles. The number of benzene rings is 1. The molecule has 0 radical (unpaired) electrons. The third kappa shape index (κ3) is 2.24. The van der Waals surface area contributed by atoms with E-state index >= 15 is 0 Å². The summed E-state index contributed by atoms with van der Waals surface area (Å²) in [5, 5.41) is 6.61. The Morgan fingerprint density at radius 3 is 2.43 bits per heavy atom. The Balaban J connectivity index is 1.99. The van der Waals surface area contributed by atoms with Crippen LogP contribution in [-0.4, -0.2) is 19.3 Å². The lowest BCUT2D eigenvalue weighted by molar-refractivity contribution is 0.574. The van der Waals surface area contributed by atoms with Crippen molar-refractivity contribution in [2.24, 2.45) is 0 Å². The van der Waals surface area contributed by atoms with E-state index in [1.807, 2.05) is 38.1 Å². The van der Waals surface area contributed by atoms with Gasteiger partial charge < -0.3 is 5.73 Å². The minimum atomic E-state index is -0.0411. The summed E-state index contributed by atoms with van der Waals surface area (Å²) in [5.41, 5.74) is 8.40. The third-order valence-corrected chi connectivity index (χ3v) is 3.48. The number of hydrogen-bond donors (Lipinski definition) is 2. The van der Waals surface area contributed by atoms with Crippen molar-refractivity contribution >= 4 is 5.82 Å². The van der Waals surface area contributed by atoms with Gasteiger partial charge >= 0.3 is 5.69 Å². The summed E-state index contributed by atoms with van der Waals surface area (Å²) in [4.78, 5) is 12.3. The fourth-order valence-electron chi connectivity index (χ4n) is 2.31. The number of aromatic nitrogens is 4. The Bertz CT molecular complexity index is 807. The third-order valence-electron chi connectivity index (χ3n) is 3.48. The Morgan fingerprint density at radius 2 is 1.90 bits per heavy atom. The Labute approximate surface area is 121 Å². The number of hydrogen-bond acceptors (Lipinski definition) is 3. The molecule has 108 valence electrons. The van der Waals surface area contributed by atoms with Crippen LogP contribution in [0.5, 0.6) is 0 Å². The zero-order chi connectivity index (χ0) is 15.0. The van der Waals surface area contributed by atoms with Gasteiger partial charge in [-0.1, -0.05) is 12.1 Å².